The maximum atomic E-state index is 12.2. The molecule has 0 aliphatic heterocycles. The van der Waals surface area contributed by atoms with E-state index < -0.39 is 11.7 Å². The number of pyridine rings is 1. The summed E-state index contributed by atoms with van der Waals surface area (Å²) in [5.74, 6) is 0.505. The maximum Gasteiger partial charge on any atom is 0.415 e. The SMILES string of the molecule is CN(Cc1cc(Br)cs1)Cc1nc(N(C)C(=O)OC(C)(C)C)ccc1Cl. The largest absolute Gasteiger partial charge is 0.443 e. The predicted molar refractivity (Wildman–Crippen MR) is 111 cm³/mol. The zero-order chi connectivity index (χ0) is 19.5. The lowest BCUT2D eigenvalue weighted by Crippen LogP contribution is -2.34. The average molecular weight is 461 g/mol. The van der Waals surface area contributed by atoms with Crippen molar-refractivity contribution in [3.05, 3.63) is 43.6 Å². The van der Waals surface area contributed by atoms with Crippen LogP contribution in [0, 0.1) is 0 Å². The van der Waals surface area contributed by atoms with Crippen molar-refractivity contribution in [3.8, 4) is 0 Å². The van der Waals surface area contributed by atoms with Crippen molar-refractivity contribution in [1.82, 2.24) is 9.88 Å². The minimum atomic E-state index is -0.560. The highest BCUT2D eigenvalue weighted by Crippen LogP contribution is 2.24. The van der Waals surface area contributed by atoms with Crippen LogP contribution in [0.4, 0.5) is 10.6 Å². The Kier molecular flexibility index (Phi) is 7.07. The summed E-state index contributed by atoms with van der Waals surface area (Å²) in [5, 5.41) is 2.63. The molecule has 0 saturated heterocycles. The van der Waals surface area contributed by atoms with E-state index in [1.54, 1.807) is 30.5 Å². The molecule has 142 valence electrons. The van der Waals surface area contributed by atoms with Crippen molar-refractivity contribution in [2.45, 2.75) is 39.5 Å². The molecule has 2 aromatic heterocycles. The third kappa shape index (κ3) is 6.23. The molecular weight excluding hydrogens is 438 g/mol. The van der Waals surface area contributed by atoms with E-state index in [0.717, 1.165) is 16.7 Å². The van der Waals surface area contributed by atoms with Crippen LogP contribution < -0.4 is 4.90 Å². The Morgan fingerprint density at radius 1 is 1.31 bits per heavy atom. The molecule has 8 heteroatoms. The first kappa shape index (κ1) is 21.2. The van der Waals surface area contributed by atoms with Crippen molar-refractivity contribution in [3.63, 3.8) is 0 Å². The number of amides is 1. The summed E-state index contributed by atoms with van der Waals surface area (Å²) >= 11 is 11.5. The quantitative estimate of drug-likeness (QED) is 0.586. The number of carbonyl (C=O) groups is 1. The molecule has 0 fully saturated rings. The predicted octanol–water partition coefficient (Wildman–Crippen LogP) is 5.56. The molecule has 0 aliphatic rings. The second kappa shape index (κ2) is 8.69. The van der Waals surface area contributed by atoms with Gasteiger partial charge in [0.25, 0.3) is 0 Å². The molecule has 2 rings (SSSR count). The van der Waals surface area contributed by atoms with Gasteiger partial charge in [-0.05, 0) is 61.9 Å². The van der Waals surface area contributed by atoms with Crippen LogP contribution in [-0.4, -0.2) is 35.7 Å². The molecule has 0 saturated carbocycles. The number of ether oxygens (including phenoxy) is 1. The highest BCUT2D eigenvalue weighted by molar-refractivity contribution is 9.10. The van der Waals surface area contributed by atoms with Crippen LogP contribution >= 0.6 is 38.9 Å². The van der Waals surface area contributed by atoms with Gasteiger partial charge < -0.3 is 4.74 Å². The summed E-state index contributed by atoms with van der Waals surface area (Å²) in [6.45, 7) is 6.86. The Bertz CT molecular complexity index is 776. The highest BCUT2D eigenvalue weighted by atomic mass is 79.9. The van der Waals surface area contributed by atoms with E-state index in [-0.39, 0.29) is 0 Å². The van der Waals surface area contributed by atoms with Crippen LogP contribution in [0.25, 0.3) is 0 Å². The van der Waals surface area contributed by atoms with Gasteiger partial charge in [-0.25, -0.2) is 9.78 Å². The lowest BCUT2D eigenvalue weighted by atomic mass is 10.2. The molecular formula is C18H23BrClN3O2S. The monoisotopic (exact) mass is 459 g/mol. The number of halogens is 2. The Labute approximate surface area is 172 Å². The molecule has 0 spiro atoms. The number of carbonyl (C=O) groups excluding carboxylic acids is 1. The Balaban J connectivity index is 2.09. The van der Waals surface area contributed by atoms with Crippen molar-refractivity contribution < 1.29 is 9.53 Å². The molecule has 2 aromatic rings. The normalized spacial score (nSPS) is 11.7. The van der Waals surface area contributed by atoms with Crippen molar-refractivity contribution >= 4 is 50.8 Å². The summed E-state index contributed by atoms with van der Waals surface area (Å²) in [6.07, 6.45) is -0.449. The van der Waals surface area contributed by atoms with Gasteiger partial charge in [0.05, 0.1) is 10.7 Å². The molecule has 0 atom stereocenters. The second-order valence-electron chi connectivity index (χ2n) is 7.04. The fourth-order valence-corrected chi connectivity index (χ4v) is 3.90. The molecule has 0 N–H and O–H groups in total. The van der Waals surface area contributed by atoms with Gasteiger partial charge in [-0.1, -0.05) is 11.6 Å². The van der Waals surface area contributed by atoms with Crippen molar-refractivity contribution in [2.24, 2.45) is 0 Å². The van der Waals surface area contributed by atoms with E-state index in [1.165, 1.54) is 9.78 Å². The van der Waals surface area contributed by atoms with Crippen LogP contribution in [0.5, 0.6) is 0 Å². The number of nitrogens with zero attached hydrogens (tertiary/aromatic N) is 3. The van der Waals surface area contributed by atoms with Gasteiger partial charge in [0.1, 0.15) is 11.4 Å². The first-order chi connectivity index (χ1) is 12.0. The lowest BCUT2D eigenvalue weighted by molar-refractivity contribution is 0.0588. The van der Waals surface area contributed by atoms with E-state index in [9.17, 15) is 4.79 Å². The molecule has 0 bridgehead atoms. The van der Waals surface area contributed by atoms with Gasteiger partial charge in [0, 0.05) is 34.9 Å². The average Bonchev–Trinajstić information content (AvgIpc) is 2.92. The summed E-state index contributed by atoms with van der Waals surface area (Å²) in [5.41, 5.74) is 0.160. The van der Waals surface area contributed by atoms with Crippen molar-refractivity contribution in [2.75, 3.05) is 19.0 Å². The standard InChI is InChI=1S/C18H23BrClN3O2S/c1-18(2,3)25-17(24)23(5)16-7-6-14(20)15(21-16)10-22(4)9-13-8-12(19)11-26-13/h6-8,11H,9-10H2,1-5H3. The number of hydrogen-bond donors (Lipinski definition) is 0. The van der Waals surface area contributed by atoms with Crippen LogP contribution in [0.2, 0.25) is 5.02 Å². The minimum Gasteiger partial charge on any atom is -0.443 e. The van der Waals surface area contributed by atoms with Crippen LogP contribution in [0.3, 0.4) is 0 Å². The van der Waals surface area contributed by atoms with Gasteiger partial charge in [-0.2, -0.15) is 0 Å². The Morgan fingerprint density at radius 2 is 2.00 bits per heavy atom. The lowest BCUT2D eigenvalue weighted by Gasteiger charge is -2.24. The van der Waals surface area contributed by atoms with E-state index in [1.807, 2.05) is 27.8 Å². The number of anilines is 1. The van der Waals surface area contributed by atoms with E-state index >= 15 is 0 Å². The van der Waals surface area contributed by atoms with Crippen LogP contribution in [0.1, 0.15) is 31.3 Å². The maximum absolute atomic E-state index is 12.2. The Hall–Kier alpha value is -1.15. The molecule has 0 aromatic carbocycles. The molecule has 1 amide bonds. The number of rotatable bonds is 5. The Morgan fingerprint density at radius 3 is 2.58 bits per heavy atom. The van der Waals surface area contributed by atoms with Gasteiger partial charge in [-0.15, -0.1) is 11.3 Å². The molecule has 0 radical (unpaired) electrons. The minimum absolute atomic E-state index is 0.449. The van der Waals surface area contributed by atoms with E-state index in [4.69, 9.17) is 16.3 Å². The summed E-state index contributed by atoms with van der Waals surface area (Å²) < 4.78 is 6.47. The smallest absolute Gasteiger partial charge is 0.415 e. The summed E-state index contributed by atoms with van der Waals surface area (Å²) in [6, 6.07) is 5.57. The van der Waals surface area contributed by atoms with Crippen LogP contribution in [0.15, 0.2) is 28.1 Å². The molecule has 5 nitrogen and oxygen atoms in total. The first-order valence-electron chi connectivity index (χ1n) is 8.09. The third-order valence-corrected chi connectivity index (χ3v) is 5.41. The van der Waals surface area contributed by atoms with E-state index in [2.05, 4.69) is 37.3 Å². The zero-order valence-electron chi connectivity index (χ0n) is 15.5. The summed E-state index contributed by atoms with van der Waals surface area (Å²) in [7, 11) is 3.65. The molecule has 0 aliphatic carbocycles. The molecule has 0 unspecified atom stereocenters. The first-order valence-corrected chi connectivity index (χ1v) is 10.1. The fourth-order valence-electron chi connectivity index (χ4n) is 2.21. The highest BCUT2D eigenvalue weighted by Gasteiger charge is 2.22. The third-order valence-electron chi connectivity index (χ3n) is 3.38. The number of aromatic nitrogens is 1. The number of hydrogen-bond acceptors (Lipinski definition) is 5. The molecule has 26 heavy (non-hydrogen) atoms. The molecule has 2 heterocycles. The summed E-state index contributed by atoms with van der Waals surface area (Å²) in [4.78, 5) is 21.6. The van der Waals surface area contributed by atoms with Gasteiger partial charge in [0.15, 0.2) is 0 Å². The van der Waals surface area contributed by atoms with Crippen LogP contribution in [-0.2, 0) is 17.8 Å². The van der Waals surface area contributed by atoms with Gasteiger partial charge in [0.2, 0.25) is 0 Å². The topological polar surface area (TPSA) is 45.7 Å². The van der Waals surface area contributed by atoms with E-state index in [0.29, 0.717) is 17.4 Å². The van der Waals surface area contributed by atoms with Gasteiger partial charge >= 0.3 is 6.09 Å². The van der Waals surface area contributed by atoms with Crippen molar-refractivity contribution in [1.29, 1.82) is 0 Å². The zero-order valence-corrected chi connectivity index (χ0v) is 18.7. The number of thiophene rings is 1. The van der Waals surface area contributed by atoms with Gasteiger partial charge in [-0.3, -0.25) is 9.80 Å². The second-order valence-corrected chi connectivity index (χ2v) is 9.36. The fraction of sp³-hybridized carbons (Fsp3) is 0.444.